The van der Waals surface area contributed by atoms with Crippen LogP contribution in [0.3, 0.4) is 0 Å². The average Bonchev–Trinajstić information content (AvgIpc) is 3.11. The molecule has 1 aliphatic carbocycles. The molecule has 4 rings (SSSR count). The Morgan fingerprint density at radius 3 is 3.00 bits per heavy atom. The van der Waals surface area contributed by atoms with Gasteiger partial charge in [0.2, 0.25) is 0 Å². The molecule has 2 aliphatic rings. The first kappa shape index (κ1) is 16.2. The Kier molecular flexibility index (Phi) is 4.74. The van der Waals surface area contributed by atoms with Crippen LogP contribution in [-0.2, 0) is 0 Å². The molecule has 25 heavy (non-hydrogen) atoms. The lowest BCUT2D eigenvalue weighted by Gasteiger charge is -2.24. The van der Waals surface area contributed by atoms with Crippen LogP contribution >= 0.6 is 0 Å². The van der Waals surface area contributed by atoms with Crippen LogP contribution in [0.2, 0.25) is 0 Å². The van der Waals surface area contributed by atoms with E-state index in [1.807, 2.05) is 18.2 Å². The van der Waals surface area contributed by atoms with Crippen molar-refractivity contribution in [1.82, 2.24) is 19.9 Å². The van der Waals surface area contributed by atoms with Gasteiger partial charge in [0, 0.05) is 31.3 Å². The number of aromatic amines is 1. The van der Waals surface area contributed by atoms with Crippen molar-refractivity contribution in [3.05, 3.63) is 58.7 Å². The maximum absolute atomic E-state index is 12.1. The topological polar surface area (TPSA) is 61.9 Å². The third-order valence-electron chi connectivity index (χ3n) is 5.25. The molecular formula is C20H24N4O. The van der Waals surface area contributed by atoms with E-state index < -0.39 is 0 Å². The highest BCUT2D eigenvalue weighted by Gasteiger charge is 2.27. The van der Waals surface area contributed by atoms with Gasteiger partial charge < -0.3 is 9.88 Å². The second-order valence-corrected chi connectivity index (χ2v) is 7.13. The van der Waals surface area contributed by atoms with Crippen LogP contribution in [0, 0.1) is 5.92 Å². The first-order valence-corrected chi connectivity index (χ1v) is 9.18. The standard InChI is InChI=1S/C20H24N4O/c25-19-12-18(22-20(23-19)17-8-4-5-10-21-17)16-9-11-24(14-16)13-15-6-2-1-3-7-15/h1-2,4-5,8,10,12,15-16H,3,6-7,9,11,13-14H2,(H,22,23,25)/t15-,16+/m1/s1. The lowest BCUT2D eigenvalue weighted by atomic mass is 9.94. The van der Waals surface area contributed by atoms with Gasteiger partial charge >= 0.3 is 0 Å². The molecule has 0 spiro atoms. The van der Waals surface area contributed by atoms with E-state index >= 15 is 0 Å². The van der Waals surface area contributed by atoms with Crippen LogP contribution in [0.4, 0.5) is 0 Å². The number of nitrogens with one attached hydrogen (secondary N) is 1. The first-order valence-electron chi connectivity index (χ1n) is 9.18. The maximum atomic E-state index is 12.1. The summed E-state index contributed by atoms with van der Waals surface area (Å²) in [5, 5.41) is 0. The fraction of sp³-hybridized carbons (Fsp3) is 0.450. The lowest BCUT2D eigenvalue weighted by Crippen LogP contribution is -2.28. The molecule has 0 amide bonds. The Balaban J connectivity index is 1.48. The highest BCUT2D eigenvalue weighted by molar-refractivity contribution is 5.48. The summed E-state index contributed by atoms with van der Waals surface area (Å²) in [5.41, 5.74) is 1.52. The number of likely N-dealkylation sites (tertiary alicyclic amines) is 1. The Morgan fingerprint density at radius 1 is 1.24 bits per heavy atom. The number of allylic oxidation sites excluding steroid dienone is 2. The highest BCUT2D eigenvalue weighted by atomic mass is 16.1. The summed E-state index contributed by atoms with van der Waals surface area (Å²) in [6, 6.07) is 7.30. The molecule has 2 aromatic rings. The predicted molar refractivity (Wildman–Crippen MR) is 98.4 cm³/mol. The van der Waals surface area contributed by atoms with Crippen LogP contribution in [0.25, 0.3) is 11.5 Å². The molecule has 0 bridgehead atoms. The van der Waals surface area contributed by atoms with E-state index in [4.69, 9.17) is 4.98 Å². The molecule has 0 saturated carbocycles. The summed E-state index contributed by atoms with van der Waals surface area (Å²) >= 11 is 0. The van der Waals surface area contributed by atoms with Gasteiger partial charge in [0.15, 0.2) is 5.82 Å². The average molecular weight is 336 g/mol. The van der Waals surface area contributed by atoms with Crippen molar-refractivity contribution in [1.29, 1.82) is 0 Å². The molecule has 1 fully saturated rings. The molecule has 1 N–H and O–H groups in total. The molecule has 0 radical (unpaired) electrons. The van der Waals surface area contributed by atoms with Gasteiger partial charge in [0.05, 0.1) is 5.69 Å². The Morgan fingerprint density at radius 2 is 2.20 bits per heavy atom. The van der Waals surface area contributed by atoms with E-state index in [1.54, 1.807) is 12.3 Å². The summed E-state index contributed by atoms with van der Waals surface area (Å²) in [5.74, 6) is 1.68. The van der Waals surface area contributed by atoms with E-state index in [-0.39, 0.29) is 5.56 Å². The summed E-state index contributed by atoms with van der Waals surface area (Å²) in [6.07, 6.45) is 11.1. The predicted octanol–water partition coefficient (Wildman–Crippen LogP) is 2.98. The zero-order valence-corrected chi connectivity index (χ0v) is 14.4. The summed E-state index contributed by atoms with van der Waals surface area (Å²) in [4.78, 5) is 26.5. The van der Waals surface area contributed by atoms with E-state index in [0.717, 1.165) is 37.7 Å². The second kappa shape index (κ2) is 7.31. The van der Waals surface area contributed by atoms with E-state index in [0.29, 0.717) is 17.4 Å². The number of pyridine rings is 1. The van der Waals surface area contributed by atoms with Crippen molar-refractivity contribution in [3.8, 4) is 11.5 Å². The fourth-order valence-corrected chi connectivity index (χ4v) is 3.94. The van der Waals surface area contributed by atoms with Crippen molar-refractivity contribution in [2.75, 3.05) is 19.6 Å². The van der Waals surface area contributed by atoms with Crippen molar-refractivity contribution >= 4 is 0 Å². The number of hydrogen-bond donors (Lipinski definition) is 1. The van der Waals surface area contributed by atoms with Crippen LogP contribution in [0.5, 0.6) is 0 Å². The molecule has 5 heteroatoms. The maximum Gasteiger partial charge on any atom is 0.251 e. The number of H-pyrrole nitrogens is 1. The number of rotatable bonds is 4. The van der Waals surface area contributed by atoms with Gasteiger partial charge in [-0.2, -0.15) is 0 Å². The summed E-state index contributed by atoms with van der Waals surface area (Å²) in [7, 11) is 0. The van der Waals surface area contributed by atoms with Gasteiger partial charge in [0.25, 0.3) is 5.56 Å². The van der Waals surface area contributed by atoms with E-state index in [1.165, 1.54) is 19.3 Å². The quantitative estimate of drug-likeness (QED) is 0.872. The number of hydrogen-bond acceptors (Lipinski definition) is 4. The zero-order chi connectivity index (χ0) is 17.1. The minimum atomic E-state index is -0.0958. The molecule has 3 heterocycles. The largest absolute Gasteiger partial charge is 0.305 e. The number of aromatic nitrogens is 3. The third kappa shape index (κ3) is 3.87. The normalized spacial score (nSPS) is 23.8. The molecular weight excluding hydrogens is 312 g/mol. The van der Waals surface area contributed by atoms with Gasteiger partial charge in [-0.05, 0) is 50.3 Å². The lowest BCUT2D eigenvalue weighted by molar-refractivity contribution is 0.263. The van der Waals surface area contributed by atoms with Gasteiger partial charge in [-0.15, -0.1) is 0 Å². The second-order valence-electron chi connectivity index (χ2n) is 7.13. The van der Waals surface area contributed by atoms with Gasteiger partial charge in [-0.3, -0.25) is 9.78 Å². The fourth-order valence-electron chi connectivity index (χ4n) is 3.94. The molecule has 5 nitrogen and oxygen atoms in total. The monoisotopic (exact) mass is 336 g/mol. The third-order valence-corrected chi connectivity index (χ3v) is 5.25. The van der Waals surface area contributed by atoms with Crippen LogP contribution in [0.1, 0.15) is 37.3 Å². The van der Waals surface area contributed by atoms with Gasteiger partial charge in [-0.25, -0.2) is 4.98 Å². The minimum absolute atomic E-state index is 0.0958. The van der Waals surface area contributed by atoms with Gasteiger partial charge in [0.1, 0.15) is 5.69 Å². The molecule has 0 unspecified atom stereocenters. The van der Waals surface area contributed by atoms with Crippen molar-refractivity contribution in [3.63, 3.8) is 0 Å². The Hall–Kier alpha value is -2.27. The molecule has 2 atom stereocenters. The summed E-state index contributed by atoms with van der Waals surface area (Å²) < 4.78 is 0. The summed E-state index contributed by atoms with van der Waals surface area (Å²) in [6.45, 7) is 3.26. The van der Waals surface area contributed by atoms with E-state index in [2.05, 4.69) is 27.0 Å². The first-order chi connectivity index (χ1) is 12.3. The Labute approximate surface area is 147 Å². The van der Waals surface area contributed by atoms with Crippen LogP contribution in [-0.4, -0.2) is 39.5 Å². The molecule has 0 aromatic carbocycles. The highest BCUT2D eigenvalue weighted by Crippen LogP contribution is 2.28. The Bertz CT molecular complexity index is 799. The van der Waals surface area contributed by atoms with Crippen molar-refractivity contribution in [2.24, 2.45) is 5.92 Å². The van der Waals surface area contributed by atoms with Gasteiger partial charge in [-0.1, -0.05) is 18.2 Å². The van der Waals surface area contributed by atoms with Crippen LogP contribution in [0.15, 0.2) is 47.4 Å². The van der Waals surface area contributed by atoms with Crippen molar-refractivity contribution < 1.29 is 0 Å². The van der Waals surface area contributed by atoms with Crippen molar-refractivity contribution in [2.45, 2.75) is 31.6 Å². The van der Waals surface area contributed by atoms with E-state index in [9.17, 15) is 4.79 Å². The SMILES string of the molecule is O=c1cc([C@H]2CCN(C[C@@H]3CC=CCC3)C2)nc(-c2ccccn2)[nH]1. The minimum Gasteiger partial charge on any atom is -0.305 e. The zero-order valence-electron chi connectivity index (χ0n) is 14.4. The molecule has 2 aromatic heterocycles. The molecule has 130 valence electrons. The van der Waals surface area contributed by atoms with Crippen LogP contribution < -0.4 is 5.56 Å². The number of nitrogens with zero attached hydrogens (tertiary/aromatic N) is 3. The molecule has 1 saturated heterocycles. The smallest absolute Gasteiger partial charge is 0.251 e. The molecule has 1 aliphatic heterocycles.